The van der Waals surface area contributed by atoms with Crippen molar-refractivity contribution in [2.45, 2.75) is 45.7 Å². The third-order valence-corrected chi connectivity index (χ3v) is 5.54. The van der Waals surface area contributed by atoms with Gasteiger partial charge in [0.15, 0.2) is 0 Å². The van der Waals surface area contributed by atoms with E-state index in [4.69, 9.17) is 0 Å². The van der Waals surface area contributed by atoms with Crippen molar-refractivity contribution in [2.24, 2.45) is 5.92 Å². The predicted molar refractivity (Wildman–Crippen MR) is 120 cm³/mol. The fraction of sp³-hybridized carbons (Fsp3) is 0.440. The fourth-order valence-electron chi connectivity index (χ4n) is 3.90. The molecule has 1 fully saturated rings. The van der Waals surface area contributed by atoms with E-state index < -0.39 is 0 Å². The Morgan fingerprint density at radius 1 is 0.933 bits per heavy atom. The van der Waals surface area contributed by atoms with Gasteiger partial charge in [-0.3, -0.25) is 14.5 Å². The molecule has 5 heteroatoms. The van der Waals surface area contributed by atoms with E-state index in [9.17, 15) is 9.59 Å². The summed E-state index contributed by atoms with van der Waals surface area (Å²) >= 11 is 0. The first-order chi connectivity index (χ1) is 14.6. The van der Waals surface area contributed by atoms with E-state index in [0.717, 1.165) is 23.6 Å². The number of likely N-dealkylation sites (tertiary alicyclic amines) is 1. The van der Waals surface area contributed by atoms with Gasteiger partial charge in [-0.1, -0.05) is 61.5 Å². The zero-order valence-corrected chi connectivity index (χ0v) is 17.9. The summed E-state index contributed by atoms with van der Waals surface area (Å²) in [6.45, 7) is 6.55. The Morgan fingerprint density at radius 3 is 2.40 bits per heavy atom. The van der Waals surface area contributed by atoms with E-state index in [0.29, 0.717) is 19.5 Å². The third kappa shape index (κ3) is 7.64. The summed E-state index contributed by atoms with van der Waals surface area (Å²) in [7, 11) is 0. The topological polar surface area (TPSA) is 61.4 Å². The SMILES string of the molecule is C[C@H]1CCCN(Cc2ccc(CNC(=O)CCNC(=O)Cc3ccccc3)cc2)C1. The van der Waals surface area contributed by atoms with Crippen molar-refractivity contribution in [2.75, 3.05) is 19.6 Å². The molecule has 160 valence electrons. The van der Waals surface area contributed by atoms with Crippen molar-refractivity contribution in [1.29, 1.82) is 0 Å². The lowest BCUT2D eigenvalue weighted by molar-refractivity contribution is -0.122. The van der Waals surface area contributed by atoms with Crippen molar-refractivity contribution in [3.8, 4) is 0 Å². The zero-order chi connectivity index (χ0) is 21.2. The lowest BCUT2D eigenvalue weighted by Gasteiger charge is -2.30. The van der Waals surface area contributed by atoms with Crippen molar-refractivity contribution in [3.05, 3.63) is 71.3 Å². The molecule has 0 spiro atoms. The standard InChI is InChI=1S/C25H33N3O2/c1-20-6-5-15-28(18-20)19-23-11-9-22(10-12-23)17-27-24(29)13-14-26-25(30)16-21-7-3-2-4-8-21/h2-4,7-12,20H,5-6,13-19H2,1H3,(H,26,30)(H,27,29)/t20-/m0/s1. The van der Waals surface area contributed by atoms with Crippen molar-refractivity contribution < 1.29 is 9.59 Å². The van der Waals surface area contributed by atoms with E-state index >= 15 is 0 Å². The van der Waals surface area contributed by atoms with E-state index in [1.54, 1.807) is 0 Å². The predicted octanol–water partition coefficient (Wildman–Crippen LogP) is 3.28. The number of nitrogens with zero attached hydrogens (tertiary/aromatic N) is 1. The summed E-state index contributed by atoms with van der Waals surface area (Å²) in [5.74, 6) is 0.672. The Balaban J connectivity index is 1.32. The van der Waals surface area contributed by atoms with Crippen LogP contribution in [-0.2, 0) is 29.1 Å². The maximum Gasteiger partial charge on any atom is 0.224 e. The van der Waals surface area contributed by atoms with Crippen LogP contribution in [0.1, 0.15) is 42.9 Å². The minimum Gasteiger partial charge on any atom is -0.355 e. The van der Waals surface area contributed by atoms with Crippen LogP contribution < -0.4 is 10.6 Å². The number of hydrogen-bond donors (Lipinski definition) is 2. The zero-order valence-electron chi connectivity index (χ0n) is 17.9. The largest absolute Gasteiger partial charge is 0.355 e. The molecule has 2 aromatic rings. The maximum absolute atomic E-state index is 12.0. The van der Waals surface area contributed by atoms with Crippen LogP contribution in [0.3, 0.4) is 0 Å². The average molecular weight is 408 g/mol. The van der Waals surface area contributed by atoms with Gasteiger partial charge < -0.3 is 10.6 Å². The Kier molecular flexibility index (Phi) is 8.45. The highest BCUT2D eigenvalue weighted by Crippen LogP contribution is 2.18. The molecule has 0 saturated carbocycles. The molecule has 1 aliphatic rings. The van der Waals surface area contributed by atoms with Gasteiger partial charge in [-0.05, 0) is 42.0 Å². The number of piperidine rings is 1. The minimum absolute atomic E-state index is 0.0543. The molecular weight excluding hydrogens is 374 g/mol. The first kappa shape index (κ1) is 22.0. The Hall–Kier alpha value is -2.66. The van der Waals surface area contributed by atoms with Crippen LogP contribution in [-0.4, -0.2) is 36.3 Å². The van der Waals surface area contributed by atoms with Crippen LogP contribution in [0, 0.1) is 5.92 Å². The van der Waals surface area contributed by atoms with Gasteiger partial charge >= 0.3 is 0 Å². The van der Waals surface area contributed by atoms with Gasteiger partial charge in [0.1, 0.15) is 0 Å². The summed E-state index contributed by atoms with van der Waals surface area (Å²) < 4.78 is 0. The van der Waals surface area contributed by atoms with Crippen molar-refractivity contribution in [3.63, 3.8) is 0 Å². The molecule has 0 aromatic heterocycles. The third-order valence-electron chi connectivity index (χ3n) is 5.54. The summed E-state index contributed by atoms with van der Waals surface area (Å²) in [6, 6.07) is 18.1. The number of carbonyl (C=O) groups excluding carboxylic acids is 2. The minimum atomic E-state index is -0.0623. The Morgan fingerprint density at radius 2 is 1.67 bits per heavy atom. The van der Waals surface area contributed by atoms with Gasteiger partial charge in [-0.2, -0.15) is 0 Å². The molecule has 2 N–H and O–H groups in total. The van der Waals surface area contributed by atoms with Crippen molar-refractivity contribution in [1.82, 2.24) is 15.5 Å². The summed E-state index contributed by atoms with van der Waals surface area (Å²) in [5, 5.41) is 5.73. The molecular formula is C25H33N3O2. The maximum atomic E-state index is 12.0. The van der Waals surface area contributed by atoms with E-state index in [-0.39, 0.29) is 18.2 Å². The molecule has 5 nitrogen and oxygen atoms in total. The first-order valence-electron chi connectivity index (χ1n) is 11.0. The second-order valence-corrected chi connectivity index (χ2v) is 8.34. The van der Waals surface area contributed by atoms with Gasteiger partial charge in [0.05, 0.1) is 6.42 Å². The molecule has 0 aliphatic carbocycles. The second kappa shape index (κ2) is 11.5. The van der Waals surface area contributed by atoms with Gasteiger partial charge in [-0.25, -0.2) is 0 Å². The highest BCUT2D eigenvalue weighted by Gasteiger charge is 2.16. The van der Waals surface area contributed by atoms with Crippen LogP contribution in [0.2, 0.25) is 0 Å². The highest BCUT2D eigenvalue weighted by molar-refractivity contribution is 5.80. The van der Waals surface area contributed by atoms with Gasteiger partial charge in [0.2, 0.25) is 11.8 Å². The Bertz CT molecular complexity index is 805. The monoisotopic (exact) mass is 407 g/mol. The van der Waals surface area contributed by atoms with Crippen LogP contribution in [0.15, 0.2) is 54.6 Å². The molecule has 0 unspecified atom stereocenters. The fourth-order valence-corrected chi connectivity index (χ4v) is 3.90. The van der Waals surface area contributed by atoms with Crippen LogP contribution >= 0.6 is 0 Å². The van der Waals surface area contributed by atoms with E-state index in [1.807, 2.05) is 30.3 Å². The molecule has 30 heavy (non-hydrogen) atoms. The normalized spacial score (nSPS) is 16.8. The lowest BCUT2D eigenvalue weighted by Crippen LogP contribution is -2.33. The average Bonchev–Trinajstić information content (AvgIpc) is 2.74. The van der Waals surface area contributed by atoms with E-state index in [2.05, 4.69) is 46.7 Å². The number of amides is 2. The summed E-state index contributed by atoms with van der Waals surface area (Å²) in [5.41, 5.74) is 3.38. The van der Waals surface area contributed by atoms with Crippen LogP contribution in [0.25, 0.3) is 0 Å². The molecule has 1 heterocycles. The smallest absolute Gasteiger partial charge is 0.224 e. The number of rotatable bonds is 9. The second-order valence-electron chi connectivity index (χ2n) is 8.34. The highest BCUT2D eigenvalue weighted by atomic mass is 16.2. The molecule has 2 amide bonds. The van der Waals surface area contributed by atoms with Crippen LogP contribution in [0.5, 0.6) is 0 Å². The number of benzene rings is 2. The number of carbonyl (C=O) groups is 2. The molecule has 0 bridgehead atoms. The Labute approximate surface area is 179 Å². The van der Waals surface area contributed by atoms with Gasteiger partial charge in [-0.15, -0.1) is 0 Å². The number of hydrogen-bond acceptors (Lipinski definition) is 3. The van der Waals surface area contributed by atoms with Gasteiger partial charge in [0, 0.05) is 32.6 Å². The molecule has 1 atom stereocenters. The first-order valence-corrected chi connectivity index (χ1v) is 11.0. The molecule has 2 aromatic carbocycles. The molecule has 1 saturated heterocycles. The molecule has 0 radical (unpaired) electrons. The van der Waals surface area contributed by atoms with Gasteiger partial charge in [0.25, 0.3) is 0 Å². The summed E-state index contributed by atoms with van der Waals surface area (Å²) in [4.78, 5) is 26.5. The molecule has 3 rings (SSSR count). The van der Waals surface area contributed by atoms with Crippen LogP contribution in [0.4, 0.5) is 0 Å². The number of nitrogens with one attached hydrogen (secondary N) is 2. The summed E-state index contributed by atoms with van der Waals surface area (Å²) in [6.07, 6.45) is 3.25. The quantitative estimate of drug-likeness (QED) is 0.671. The molecule has 1 aliphatic heterocycles. The lowest BCUT2D eigenvalue weighted by atomic mass is 9.99. The van der Waals surface area contributed by atoms with Crippen molar-refractivity contribution >= 4 is 11.8 Å². The van der Waals surface area contributed by atoms with E-state index in [1.165, 1.54) is 31.5 Å².